The second kappa shape index (κ2) is 6.63. The fourth-order valence-electron chi connectivity index (χ4n) is 3.43. The van der Waals surface area contributed by atoms with Crippen molar-refractivity contribution in [3.8, 4) is 5.75 Å². The molecule has 0 spiro atoms. The van der Waals surface area contributed by atoms with E-state index in [0.717, 1.165) is 5.75 Å². The normalized spacial score (nSPS) is 19.0. The summed E-state index contributed by atoms with van der Waals surface area (Å²) in [6.45, 7) is 2.74. The van der Waals surface area contributed by atoms with E-state index in [2.05, 4.69) is 42.0 Å². The number of rotatable bonds is 5. The zero-order valence-corrected chi connectivity index (χ0v) is 13.6. The Hall–Kier alpha value is -1.32. The van der Waals surface area contributed by atoms with Gasteiger partial charge in [0.1, 0.15) is 5.75 Å². The van der Waals surface area contributed by atoms with Crippen LogP contribution < -0.4 is 10.1 Å². The number of aryl methyl sites for hydroxylation is 1. The van der Waals surface area contributed by atoms with E-state index in [0.29, 0.717) is 18.6 Å². The number of fused-ring (bicyclic) bond motifs is 1. The molecule has 1 aromatic carbocycles. The Kier molecular flexibility index (Phi) is 4.61. The van der Waals surface area contributed by atoms with Crippen LogP contribution >= 0.6 is 11.3 Å². The lowest BCUT2D eigenvalue weighted by Gasteiger charge is -2.31. The summed E-state index contributed by atoms with van der Waals surface area (Å²) in [5.41, 5.74) is 2.87. The van der Waals surface area contributed by atoms with E-state index in [9.17, 15) is 0 Å². The molecule has 0 amide bonds. The molecule has 3 heteroatoms. The summed E-state index contributed by atoms with van der Waals surface area (Å²) in [5.74, 6) is 1.54. The van der Waals surface area contributed by atoms with Gasteiger partial charge in [-0.2, -0.15) is 0 Å². The molecule has 0 bridgehead atoms. The van der Waals surface area contributed by atoms with Crippen LogP contribution in [0.5, 0.6) is 5.75 Å². The number of hydrogen-bond acceptors (Lipinski definition) is 3. The molecule has 0 radical (unpaired) electrons. The first kappa shape index (κ1) is 14.6. The maximum atomic E-state index is 5.66. The van der Waals surface area contributed by atoms with Crippen molar-refractivity contribution in [2.75, 3.05) is 13.7 Å². The Labute approximate surface area is 131 Å². The summed E-state index contributed by atoms with van der Waals surface area (Å²) < 4.78 is 5.66. The molecule has 1 aliphatic carbocycles. The molecule has 0 saturated heterocycles. The third kappa shape index (κ3) is 2.99. The highest BCUT2D eigenvalue weighted by Crippen LogP contribution is 2.42. The smallest absolute Gasteiger partial charge is 0.119 e. The monoisotopic (exact) mass is 301 g/mol. The molecular formula is C18H23NOS. The van der Waals surface area contributed by atoms with Gasteiger partial charge in [0, 0.05) is 16.8 Å². The van der Waals surface area contributed by atoms with Gasteiger partial charge in [-0.05, 0) is 67.9 Å². The molecule has 1 heterocycles. The van der Waals surface area contributed by atoms with Crippen molar-refractivity contribution in [3.63, 3.8) is 0 Å². The van der Waals surface area contributed by atoms with E-state index in [1.165, 1.54) is 24.8 Å². The number of likely N-dealkylation sites (N-methyl/N-ethyl adjacent to an activating group) is 1. The van der Waals surface area contributed by atoms with Gasteiger partial charge in [-0.3, -0.25) is 0 Å². The number of nitrogens with one attached hydrogen (secondary N) is 1. The zero-order chi connectivity index (χ0) is 14.7. The van der Waals surface area contributed by atoms with Crippen LogP contribution in [-0.4, -0.2) is 13.7 Å². The zero-order valence-electron chi connectivity index (χ0n) is 12.8. The third-order valence-electron chi connectivity index (χ3n) is 4.34. The molecule has 2 atom stereocenters. The van der Waals surface area contributed by atoms with Gasteiger partial charge in [-0.25, -0.2) is 0 Å². The molecule has 1 aromatic heterocycles. The minimum absolute atomic E-state index is 0.360. The summed E-state index contributed by atoms with van der Waals surface area (Å²) >= 11 is 1.91. The van der Waals surface area contributed by atoms with Gasteiger partial charge in [0.05, 0.1) is 6.61 Å². The molecule has 0 fully saturated rings. The van der Waals surface area contributed by atoms with Crippen molar-refractivity contribution < 1.29 is 4.74 Å². The number of benzene rings is 1. The second-order valence-electron chi connectivity index (χ2n) is 5.57. The molecule has 112 valence electrons. The third-order valence-corrected chi connectivity index (χ3v) is 5.34. The number of hydrogen-bond donors (Lipinski definition) is 1. The van der Waals surface area contributed by atoms with E-state index < -0.39 is 0 Å². The second-order valence-corrected chi connectivity index (χ2v) is 6.57. The van der Waals surface area contributed by atoms with Crippen molar-refractivity contribution >= 4 is 11.3 Å². The summed E-state index contributed by atoms with van der Waals surface area (Å²) in [4.78, 5) is 1.58. The molecule has 21 heavy (non-hydrogen) atoms. The highest BCUT2D eigenvalue weighted by Gasteiger charge is 2.28. The highest BCUT2D eigenvalue weighted by atomic mass is 32.1. The molecule has 1 N–H and O–H groups in total. The van der Waals surface area contributed by atoms with Gasteiger partial charge in [-0.15, -0.1) is 11.3 Å². The molecule has 2 unspecified atom stereocenters. The molecule has 2 nitrogen and oxygen atoms in total. The Morgan fingerprint density at radius 1 is 1.38 bits per heavy atom. The predicted octanol–water partition coefficient (Wildman–Crippen LogP) is 4.53. The average Bonchev–Trinajstić information content (AvgIpc) is 2.98. The molecule has 3 rings (SSSR count). The molecular weight excluding hydrogens is 278 g/mol. The molecule has 1 aliphatic rings. The van der Waals surface area contributed by atoms with Gasteiger partial charge >= 0.3 is 0 Å². The van der Waals surface area contributed by atoms with E-state index >= 15 is 0 Å². The van der Waals surface area contributed by atoms with Crippen molar-refractivity contribution in [2.45, 2.75) is 38.1 Å². The number of ether oxygens (including phenoxy) is 1. The molecule has 0 aliphatic heterocycles. The first-order chi connectivity index (χ1) is 10.3. The van der Waals surface area contributed by atoms with Crippen LogP contribution in [0, 0.1) is 0 Å². The summed E-state index contributed by atoms with van der Waals surface area (Å²) in [6.07, 6.45) is 3.80. The maximum Gasteiger partial charge on any atom is 0.119 e. The lowest BCUT2D eigenvalue weighted by atomic mass is 9.80. The fourth-order valence-corrected chi connectivity index (χ4v) is 4.43. The van der Waals surface area contributed by atoms with Crippen LogP contribution in [-0.2, 0) is 6.42 Å². The van der Waals surface area contributed by atoms with Crippen LogP contribution in [0.15, 0.2) is 35.7 Å². The van der Waals surface area contributed by atoms with Gasteiger partial charge in [-0.1, -0.05) is 12.1 Å². The largest absolute Gasteiger partial charge is 0.494 e. The minimum atomic E-state index is 0.360. The Bertz CT molecular complexity index is 592. The average molecular weight is 301 g/mol. The van der Waals surface area contributed by atoms with E-state index in [1.807, 2.05) is 24.3 Å². The van der Waals surface area contributed by atoms with Gasteiger partial charge in [0.15, 0.2) is 0 Å². The van der Waals surface area contributed by atoms with Crippen LogP contribution in [0.25, 0.3) is 0 Å². The van der Waals surface area contributed by atoms with Crippen molar-refractivity contribution in [2.24, 2.45) is 0 Å². The summed E-state index contributed by atoms with van der Waals surface area (Å²) in [6, 6.07) is 11.2. The Morgan fingerprint density at radius 2 is 2.29 bits per heavy atom. The Morgan fingerprint density at radius 3 is 3.10 bits per heavy atom. The first-order valence-corrected chi connectivity index (χ1v) is 8.67. The van der Waals surface area contributed by atoms with Crippen LogP contribution in [0.2, 0.25) is 0 Å². The van der Waals surface area contributed by atoms with Gasteiger partial charge in [0.25, 0.3) is 0 Å². The minimum Gasteiger partial charge on any atom is -0.494 e. The lowest BCUT2D eigenvalue weighted by Crippen LogP contribution is -2.26. The SMILES string of the molecule is CCOc1cccc(C(NC)C2CCCc3sccc32)c1. The highest BCUT2D eigenvalue weighted by molar-refractivity contribution is 7.10. The number of thiophene rings is 1. The maximum absolute atomic E-state index is 5.66. The van der Waals surface area contributed by atoms with Crippen LogP contribution in [0.3, 0.4) is 0 Å². The van der Waals surface area contributed by atoms with Crippen molar-refractivity contribution in [1.29, 1.82) is 0 Å². The van der Waals surface area contributed by atoms with Crippen molar-refractivity contribution in [3.05, 3.63) is 51.7 Å². The van der Waals surface area contributed by atoms with Gasteiger partial charge in [0.2, 0.25) is 0 Å². The van der Waals surface area contributed by atoms with E-state index in [1.54, 1.807) is 10.4 Å². The lowest BCUT2D eigenvalue weighted by molar-refractivity contribution is 0.338. The molecule has 2 aromatic rings. The summed E-state index contributed by atoms with van der Waals surface area (Å²) in [5, 5.41) is 5.78. The standard InChI is InChI=1S/C18H23NOS/c1-3-20-14-7-4-6-13(12-14)18(19-2)16-8-5-9-17-15(16)10-11-21-17/h4,6-7,10-12,16,18-19H,3,5,8-9H2,1-2H3. The van der Waals surface area contributed by atoms with Gasteiger partial charge < -0.3 is 10.1 Å². The Balaban J connectivity index is 1.91. The van der Waals surface area contributed by atoms with Crippen LogP contribution in [0.1, 0.15) is 47.7 Å². The van der Waals surface area contributed by atoms with E-state index in [-0.39, 0.29) is 0 Å². The topological polar surface area (TPSA) is 21.3 Å². The van der Waals surface area contributed by atoms with Crippen LogP contribution in [0.4, 0.5) is 0 Å². The first-order valence-electron chi connectivity index (χ1n) is 7.79. The van der Waals surface area contributed by atoms with Crippen molar-refractivity contribution in [1.82, 2.24) is 5.32 Å². The molecule has 0 saturated carbocycles. The summed E-state index contributed by atoms with van der Waals surface area (Å²) in [7, 11) is 2.07. The van der Waals surface area contributed by atoms with E-state index in [4.69, 9.17) is 4.74 Å². The quantitative estimate of drug-likeness (QED) is 0.876. The fraction of sp³-hybridized carbons (Fsp3) is 0.444. The predicted molar refractivity (Wildman–Crippen MR) is 89.4 cm³/mol.